The van der Waals surface area contributed by atoms with Gasteiger partial charge in [-0.05, 0) is 41.4 Å². The number of rotatable bonds is 8. The number of carbonyl (C=O) groups excluding carboxylic acids is 4. The van der Waals surface area contributed by atoms with Crippen molar-refractivity contribution in [2.75, 3.05) is 20.8 Å². The van der Waals surface area contributed by atoms with Crippen LogP contribution in [0.4, 0.5) is 13.6 Å². The van der Waals surface area contributed by atoms with Crippen LogP contribution in [0.3, 0.4) is 0 Å². The molecule has 0 saturated heterocycles. The summed E-state index contributed by atoms with van der Waals surface area (Å²) in [6.07, 6.45) is 2.66. The van der Waals surface area contributed by atoms with Gasteiger partial charge in [0.1, 0.15) is 23.9 Å². The average molecular weight is 520 g/mol. The summed E-state index contributed by atoms with van der Waals surface area (Å²) in [4.78, 5) is 43.7. The molecule has 0 aliphatic heterocycles. The van der Waals surface area contributed by atoms with Crippen LogP contribution in [0.25, 0.3) is 5.57 Å². The Balaban J connectivity index is 0.00000102. The first-order valence-electron chi connectivity index (χ1n) is 9.38. The highest BCUT2D eigenvalue weighted by atomic mass is 35.7. The summed E-state index contributed by atoms with van der Waals surface area (Å²) < 4.78 is 40.6. The quantitative estimate of drug-likeness (QED) is 0.173. The summed E-state index contributed by atoms with van der Waals surface area (Å²) in [7, 11) is 8.03. The van der Waals surface area contributed by atoms with Crippen LogP contribution in [0.15, 0.2) is 48.3 Å². The summed E-state index contributed by atoms with van der Waals surface area (Å²) in [5.74, 6) is -2.96. The molecule has 0 atom stereocenters. The smallest absolute Gasteiger partial charge is 0.388 e. The van der Waals surface area contributed by atoms with Crippen molar-refractivity contribution in [2.24, 2.45) is 0 Å². The number of esters is 2. The zero-order chi connectivity index (χ0) is 26.3. The molecule has 0 bridgehead atoms. The number of nitrogens with one attached hydrogen (secondary N) is 1. The number of methoxy groups -OCH3 is 2. The van der Waals surface area contributed by atoms with Crippen LogP contribution in [-0.4, -0.2) is 43.9 Å². The lowest BCUT2D eigenvalue weighted by Crippen LogP contribution is -2.27. The van der Waals surface area contributed by atoms with E-state index in [0.29, 0.717) is 16.5 Å². The van der Waals surface area contributed by atoms with E-state index in [1.807, 2.05) is 0 Å². The Hall–Kier alpha value is -3.18. The Morgan fingerprint density at radius 1 is 1.15 bits per heavy atom. The maximum Gasteiger partial charge on any atom is 0.388 e. The van der Waals surface area contributed by atoms with Crippen LogP contribution < -0.4 is 5.32 Å². The number of ether oxygens (including phenoxy) is 3. The van der Waals surface area contributed by atoms with Gasteiger partial charge in [-0.15, -0.1) is 0 Å². The first-order valence-corrected chi connectivity index (χ1v) is 11.0. The van der Waals surface area contributed by atoms with Gasteiger partial charge in [0.25, 0.3) is 0 Å². The molecule has 12 heteroatoms. The summed E-state index contributed by atoms with van der Waals surface area (Å²) in [6, 6.07) is 3.18. The van der Waals surface area contributed by atoms with Gasteiger partial charge in [-0.3, -0.25) is 9.59 Å². The lowest BCUT2D eigenvalue weighted by atomic mass is 10.0. The third-order valence-corrected chi connectivity index (χ3v) is 4.44. The van der Waals surface area contributed by atoms with E-state index in [-0.39, 0.29) is 35.8 Å². The SMILES string of the molecule is C=C/C(OC(=O)SCl)=C(\C/C=C(\C)c1ccc(F)cc1F)C(=O)OC.COC(=O)CNC(C)=O. The van der Waals surface area contributed by atoms with Crippen molar-refractivity contribution in [3.63, 3.8) is 0 Å². The number of benzene rings is 1. The van der Waals surface area contributed by atoms with Crippen molar-refractivity contribution in [2.45, 2.75) is 20.3 Å². The van der Waals surface area contributed by atoms with Crippen molar-refractivity contribution in [3.05, 3.63) is 65.5 Å². The van der Waals surface area contributed by atoms with E-state index >= 15 is 0 Å². The molecule has 1 N–H and O–H groups in total. The molecule has 8 nitrogen and oxygen atoms in total. The maximum absolute atomic E-state index is 13.8. The molecule has 1 rings (SSSR count). The molecule has 1 amide bonds. The monoisotopic (exact) mass is 519 g/mol. The van der Waals surface area contributed by atoms with E-state index in [9.17, 15) is 28.0 Å². The highest BCUT2D eigenvalue weighted by Gasteiger charge is 2.18. The summed E-state index contributed by atoms with van der Waals surface area (Å²) >= 11 is 0. The second kappa shape index (κ2) is 16.4. The van der Waals surface area contributed by atoms with E-state index in [0.717, 1.165) is 19.2 Å². The number of hydrogen-bond donors (Lipinski definition) is 1. The highest BCUT2D eigenvalue weighted by molar-refractivity contribution is 8.32. The molecule has 34 heavy (non-hydrogen) atoms. The zero-order valence-electron chi connectivity index (χ0n) is 18.9. The van der Waals surface area contributed by atoms with Crippen LogP contribution in [0.2, 0.25) is 0 Å². The van der Waals surface area contributed by atoms with Crippen molar-refractivity contribution in [1.82, 2.24) is 5.32 Å². The van der Waals surface area contributed by atoms with Gasteiger partial charge >= 0.3 is 17.2 Å². The third-order valence-electron chi connectivity index (χ3n) is 3.85. The van der Waals surface area contributed by atoms with Crippen molar-refractivity contribution >= 4 is 50.4 Å². The van der Waals surface area contributed by atoms with Gasteiger partial charge < -0.3 is 19.5 Å². The molecule has 0 aromatic heterocycles. The Labute approximate surface area is 204 Å². The molecular weight excluding hydrogens is 496 g/mol. The van der Waals surface area contributed by atoms with E-state index in [1.165, 1.54) is 32.3 Å². The first kappa shape index (κ1) is 30.8. The zero-order valence-corrected chi connectivity index (χ0v) is 20.5. The minimum Gasteiger partial charge on any atom is -0.468 e. The van der Waals surface area contributed by atoms with Crippen LogP contribution in [0, 0.1) is 11.6 Å². The minimum absolute atomic E-state index is 0.00145. The number of halogens is 3. The standard InChI is InChI=1S/C17H15ClF2O4S.C5H9NO3/c1-4-15(24-17(22)25-18)13(16(21)23-3)7-5-10(2)12-8-6-11(19)9-14(12)20;1-4(7)6-3-5(8)9-2/h4-6,8-9H,1,7H2,2-3H3;3H2,1-2H3,(H,6,7)/b10-5+,15-13-;. The number of amides is 1. The molecule has 0 heterocycles. The van der Waals surface area contributed by atoms with Gasteiger partial charge in [-0.1, -0.05) is 12.7 Å². The summed E-state index contributed by atoms with van der Waals surface area (Å²) in [5.41, 5.74) is 0.637. The summed E-state index contributed by atoms with van der Waals surface area (Å²) in [6.45, 7) is 6.36. The van der Waals surface area contributed by atoms with E-state index < -0.39 is 28.9 Å². The molecular formula is C22H24ClF2NO7S. The Bertz CT molecular complexity index is 980. The topological polar surface area (TPSA) is 108 Å². The molecule has 186 valence electrons. The predicted octanol–water partition coefficient (Wildman–Crippen LogP) is 4.69. The van der Waals surface area contributed by atoms with E-state index in [1.54, 1.807) is 6.92 Å². The predicted molar refractivity (Wildman–Crippen MR) is 124 cm³/mol. The Morgan fingerprint density at radius 3 is 2.26 bits per heavy atom. The molecule has 0 spiro atoms. The molecule has 0 unspecified atom stereocenters. The van der Waals surface area contributed by atoms with Gasteiger partial charge in [0, 0.05) is 25.0 Å². The van der Waals surface area contributed by atoms with Gasteiger partial charge in [0.2, 0.25) is 5.91 Å². The third kappa shape index (κ3) is 11.6. The highest BCUT2D eigenvalue weighted by Crippen LogP contribution is 2.23. The van der Waals surface area contributed by atoms with Gasteiger partial charge in [-0.25, -0.2) is 18.4 Å². The fraction of sp³-hybridized carbons (Fsp3) is 0.273. The lowest BCUT2D eigenvalue weighted by Gasteiger charge is -2.10. The summed E-state index contributed by atoms with van der Waals surface area (Å²) in [5, 5.41) is 1.44. The molecule has 0 radical (unpaired) electrons. The lowest BCUT2D eigenvalue weighted by molar-refractivity contribution is -0.141. The largest absolute Gasteiger partial charge is 0.468 e. The fourth-order valence-corrected chi connectivity index (χ4v) is 2.40. The second-order valence-electron chi connectivity index (χ2n) is 6.17. The second-order valence-corrected chi connectivity index (χ2v) is 7.12. The van der Waals surface area contributed by atoms with Gasteiger partial charge in [0.05, 0.1) is 30.8 Å². The van der Waals surface area contributed by atoms with Crippen LogP contribution >= 0.6 is 21.7 Å². The molecule has 1 aromatic carbocycles. The van der Waals surface area contributed by atoms with Crippen LogP contribution in [-0.2, 0) is 28.6 Å². The van der Waals surface area contributed by atoms with Crippen LogP contribution in [0.5, 0.6) is 0 Å². The fourth-order valence-electron chi connectivity index (χ4n) is 2.18. The van der Waals surface area contributed by atoms with Crippen molar-refractivity contribution < 1.29 is 42.2 Å². The Morgan fingerprint density at radius 2 is 1.79 bits per heavy atom. The van der Waals surface area contributed by atoms with Crippen molar-refractivity contribution in [3.8, 4) is 0 Å². The first-order chi connectivity index (χ1) is 16.0. The number of carbonyl (C=O) groups is 4. The Kier molecular flexibility index (Phi) is 14.9. The van der Waals surface area contributed by atoms with Crippen molar-refractivity contribution in [1.29, 1.82) is 0 Å². The molecule has 1 aromatic rings. The minimum atomic E-state index is -0.844. The normalized spacial score (nSPS) is 11.2. The van der Waals surface area contributed by atoms with E-state index in [2.05, 4.69) is 21.4 Å². The molecule has 0 aliphatic rings. The molecule has 0 saturated carbocycles. The molecule has 0 aliphatic carbocycles. The number of hydrogen-bond acceptors (Lipinski definition) is 8. The maximum atomic E-state index is 13.8. The van der Waals surface area contributed by atoms with Gasteiger partial charge in [0.15, 0.2) is 0 Å². The number of allylic oxidation sites excluding steroid dienone is 3. The molecule has 0 fully saturated rings. The van der Waals surface area contributed by atoms with E-state index in [4.69, 9.17) is 15.4 Å². The van der Waals surface area contributed by atoms with Crippen LogP contribution in [0.1, 0.15) is 25.8 Å². The average Bonchev–Trinajstić information content (AvgIpc) is 2.81. The van der Waals surface area contributed by atoms with Gasteiger partial charge in [-0.2, -0.15) is 0 Å².